The van der Waals surface area contributed by atoms with Gasteiger partial charge in [0.2, 0.25) is 0 Å². The predicted molar refractivity (Wildman–Crippen MR) is 81.7 cm³/mol. The third-order valence-electron chi connectivity index (χ3n) is 5.63. The van der Waals surface area contributed by atoms with Crippen LogP contribution in [0.25, 0.3) is 0 Å². The van der Waals surface area contributed by atoms with E-state index in [1.54, 1.807) is 0 Å². The fraction of sp³-hybridized carbons (Fsp3) is 0.625. The van der Waals surface area contributed by atoms with Gasteiger partial charge in [-0.1, -0.05) is 29.3 Å². The first-order valence-corrected chi connectivity index (χ1v) is 8.21. The van der Waals surface area contributed by atoms with Crippen molar-refractivity contribution in [1.82, 2.24) is 5.32 Å². The third-order valence-corrected chi connectivity index (χ3v) is 6.37. The summed E-state index contributed by atoms with van der Waals surface area (Å²) in [5.74, 6) is 0. The average Bonchev–Trinajstić information content (AvgIpc) is 2.86. The number of hydrogen-bond acceptors (Lipinski definition) is 2. The Balaban J connectivity index is 1.73. The molecule has 1 unspecified atom stereocenters. The first-order valence-electron chi connectivity index (χ1n) is 7.46. The van der Waals surface area contributed by atoms with E-state index in [2.05, 4.69) is 17.4 Å². The third kappa shape index (κ3) is 1.72. The van der Waals surface area contributed by atoms with E-state index in [9.17, 15) is 0 Å². The van der Waals surface area contributed by atoms with Gasteiger partial charge in [0.15, 0.2) is 0 Å². The molecule has 1 aromatic rings. The Bertz CT molecular complexity index is 543. The summed E-state index contributed by atoms with van der Waals surface area (Å²) >= 11 is 12.3. The van der Waals surface area contributed by atoms with Crippen LogP contribution >= 0.6 is 23.2 Å². The van der Waals surface area contributed by atoms with Crippen LogP contribution in [0, 0.1) is 5.41 Å². The number of ether oxygens (including phenoxy) is 1. The number of fused-ring (bicyclic) bond motifs is 1. The van der Waals surface area contributed by atoms with Crippen molar-refractivity contribution in [2.45, 2.75) is 37.2 Å². The van der Waals surface area contributed by atoms with Gasteiger partial charge in [0.1, 0.15) is 0 Å². The van der Waals surface area contributed by atoms with E-state index in [0.29, 0.717) is 16.1 Å². The van der Waals surface area contributed by atoms with Crippen LogP contribution < -0.4 is 5.32 Å². The second kappa shape index (κ2) is 4.61. The summed E-state index contributed by atoms with van der Waals surface area (Å²) in [7, 11) is 0. The minimum Gasteiger partial charge on any atom is -0.378 e. The maximum Gasteiger partial charge on any atom is 0.0653 e. The molecule has 1 aliphatic carbocycles. The molecule has 108 valence electrons. The van der Waals surface area contributed by atoms with Crippen molar-refractivity contribution in [3.8, 4) is 0 Å². The largest absolute Gasteiger partial charge is 0.378 e. The van der Waals surface area contributed by atoms with Crippen molar-refractivity contribution < 1.29 is 4.74 Å². The van der Waals surface area contributed by atoms with Crippen LogP contribution in [0.5, 0.6) is 0 Å². The van der Waals surface area contributed by atoms with Gasteiger partial charge < -0.3 is 10.1 Å². The second-order valence-electron chi connectivity index (χ2n) is 6.47. The molecule has 1 aromatic carbocycles. The molecule has 1 N–H and O–H groups in total. The van der Waals surface area contributed by atoms with E-state index >= 15 is 0 Å². The number of benzene rings is 1. The molecule has 0 amide bonds. The molecule has 0 radical (unpaired) electrons. The zero-order valence-corrected chi connectivity index (χ0v) is 12.9. The number of piperidine rings is 1. The van der Waals surface area contributed by atoms with Gasteiger partial charge in [0, 0.05) is 24.0 Å². The molecule has 2 saturated heterocycles. The lowest BCUT2D eigenvalue weighted by molar-refractivity contribution is 0.0329. The second-order valence-corrected chi connectivity index (χ2v) is 7.29. The minimum absolute atomic E-state index is 0.251. The number of rotatable bonds is 2. The van der Waals surface area contributed by atoms with Gasteiger partial charge in [0.05, 0.1) is 16.1 Å². The molecular formula is C16H19Cl2NO. The SMILES string of the molecule is Clc1ccc([C@]23CCNCC2([C@@H]2CCCO2)C3)cc1Cl. The van der Waals surface area contributed by atoms with Crippen molar-refractivity contribution in [3.63, 3.8) is 0 Å². The highest BCUT2D eigenvalue weighted by molar-refractivity contribution is 6.42. The summed E-state index contributed by atoms with van der Waals surface area (Å²) in [5, 5.41) is 4.89. The zero-order valence-electron chi connectivity index (χ0n) is 11.4. The highest BCUT2D eigenvalue weighted by Gasteiger charge is 2.72. The van der Waals surface area contributed by atoms with Crippen molar-refractivity contribution in [2.75, 3.05) is 19.7 Å². The van der Waals surface area contributed by atoms with E-state index in [0.717, 1.165) is 19.7 Å². The number of halogens is 2. The Morgan fingerprint density at radius 1 is 1.25 bits per heavy atom. The highest BCUT2D eigenvalue weighted by atomic mass is 35.5. The molecule has 0 aromatic heterocycles. The minimum atomic E-state index is 0.251. The molecule has 1 saturated carbocycles. The first kappa shape index (κ1) is 13.4. The van der Waals surface area contributed by atoms with Gasteiger partial charge in [-0.15, -0.1) is 0 Å². The lowest BCUT2D eigenvalue weighted by Gasteiger charge is -2.35. The first-order chi connectivity index (χ1) is 9.68. The van der Waals surface area contributed by atoms with Gasteiger partial charge in [-0.2, -0.15) is 0 Å². The van der Waals surface area contributed by atoms with Crippen LogP contribution in [0.2, 0.25) is 10.0 Å². The maximum atomic E-state index is 6.24. The molecule has 3 fully saturated rings. The molecule has 4 rings (SSSR count). The van der Waals surface area contributed by atoms with E-state index in [1.807, 2.05) is 6.07 Å². The molecular weight excluding hydrogens is 293 g/mol. The Labute approximate surface area is 129 Å². The van der Waals surface area contributed by atoms with E-state index < -0.39 is 0 Å². The Morgan fingerprint density at radius 2 is 2.15 bits per heavy atom. The van der Waals surface area contributed by atoms with Crippen molar-refractivity contribution >= 4 is 23.2 Å². The summed E-state index contributed by atoms with van der Waals surface area (Å²) in [6.45, 7) is 3.07. The van der Waals surface area contributed by atoms with Crippen LogP contribution in [0.15, 0.2) is 18.2 Å². The summed E-state index contributed by atoms with van der Waals surface area (Å²) in [4.78, 5) is 0. The Morgan fingerprint density at radius 3 is 2.90 bits per heavy atom. The van der Waals surface area contributed by atoms with Gasteiger partial charge in [-0.3, -0.25) is 0 Å². The maximum absolute atomic E-state index is 6.24. The van der Waals surface area contributed by atoms with E-state index in [-0.39, 0.29) is 10.8 Å². The molecule has 2 nitrogen and oxygen atoms in total. The van der Waals surface area contributed by atoms with Gasteiger partial charge in [-0.05, 0) is 49.9 Å². The summed E-state index contributed by atoms with van der Waals surface area (Å²) in [6.07, 6.45) is 5.19. The Hall–Kier alpha value is -0.280. The van der Waals surface area contributed by atoms with Gasteiger partial charge in [-0.25, -0.2) is 0 Å². The summed E-state index contributed by atoms with van der Waals surface area (Å²) in [6, 6.07) is 6.18. The van der Waals surface area contributed by atoms with Crippen LogP contribution in [-0.4, -0.2) is 25.8 Å². The van der Waals surface area contributed by atoms with Crippen molar-refractivity contribution in [3.05, 3.63) is 33.8 Å². The van der Waals surface area contributed by atoms with Crippen LogP contribution in [0.3, 0.4) is 0 Å². The highest BCUT2D eigenvalue weighted by Crippen LogP contribution is 2.71. The fourth-order valence-corrected chi connectivity index (χ4v) is 4.85. The molecule has 3 atom stereocenters. The topological polar surface area (TPSA) is 21.3 Å². The summed E-state index contributed by atoms with van der Waals surface area (Å²) < 4.78 is 6.04. The van der Waals surface area contributed by atoms with Gasteiger partial charge in [0.25, 0.3) is 0 Å². The lowest BCUT2D eigenvalue weighted by Crippen LogP contribution is -2.44. The van der Waals surface area contributed by atoms with Crippen molar-refractivity contribution in [1.29, 1.82) is 0 Å². The number of hydrogen-bond donors (Lipinski definition) is 1. The number of nitrogens with one attached hydrogen (secondary N) is 1. The van der Waals surface area contributed by atoms with Crippen molar-refractivity contribution in [2.24, 2.45) is 5.41 Å². The van der Waals surface area contributed by atoms with E-state index in [4.69, 9.17) is 27.9 Å². The van der Waals surface area contributed by atoms with E-state index in [1.165, 1.54) is 31.2 Å². The predicted octanol–water partition coefficient (Wildman–Crippen LogP) is 3.79. The molecule has 4 heteroatoms. The molecule has 3 aliphatic rings. The molecule has 2 heterocycles. The van der Waals surface area contributed by atoms with Gasteiger partial charge >= 0.3 is 0 Å². The summed E-state index contributed by atoms with van der Waals surface area (Å²) in [5.41, 5.74) is 1.88. The molecule has 2 aliphatic heterocycles. The lowest BCUT2D eigenvalue weighted by atomic mass is 9.77. The molecule has 0 bridgehead atoms. The zero-order chi connectivity index (χ0) is 13.8. The quantitative estimate of drug-likeness (QED) is 0.897. The van der Waals surface area contributed by atoms with Crippen LogP contribution in [-0.2, 0) is 10.2 Å². The Kier molecular flexibility index (Phi) is 3.08. The average molecular weight is 312 g/mol. The standard InChI is InChI=1S/C16H19Cl2NO/c17-12-4-3-11(8-13(12)18)15-5-6-19-10-16(15,9-15)14-2-1-7-20-14/h3-4,8,14,19H,1-2,5-7,9-10H2/t14-,15+,16?/m0/s1. The fourth-order valence-electron chi connectivity index (χ4n) is 4.55. The molecule has 0 spiro atoms. The molecule has 20 heavy (non-hydrogen) atoms. The van der Waals surface area contributed by atoms with Crippen LogP contribution in [0.1, 0.15) is 31.2 Å². The smallest absolute Gasteiger partial charge is 0.0653 e. The van der Waals surface area contributed by atoms with Crippen LogP contribution in [0.4, 0.5) is 0 Å². The monoisotopic (exact) mass is 311 g/mol. The normalized spacial score (nSPS) is 39.6.